The van der Waals surface area contributed by atoms with Crippen molar-refractivity contribution in [2.24, 2.45) is 0 Å². The molecule has 1 amide bonds. The van der Waals surface area contributed by atoms with Gasteiger partial charge in [-0.3, -0.25) is 9.78 Å². The van der Waals surface area contributed by atoms with Crippen molar-refractivity contribution >= 4 is 5.91 Å². The molecule has 4 heteroatoms. The highest BCUT2D eigenvalue weighted by molar-refractivity contribution is 5.77. The van der Waals surface area contributed by atoms with E-state index in [2.05, 4.69) is 12.1 Å². The molecule has 29 heavy (non-hydrogen) atoms. The Kier molecular flexibility index (Phi) is 5.99. The third-order valence-electron chi connectivity index (χ3n) is 5.54. The SMILES string of the molecule is O=C(CCc1ccccc1)N1CCC[C@@H]1c1cccc(Cc2ccccc2F)n1. The first kappa shape index (κ1) is 19.3. The lowest BCUT2D eigenvalue weighted by molar-refractivity contribution is -0.132. The number of amides is 1. The summed E-state index contributed by atoms with van der Waals surface area (Å²) in [6, 6.07) is 22.8. The van der Waals surface area contributed by atoms with E-state index in [0.717, 1.165) is 37.2 Å². The number of aromatic nitrogens is 1. The Labute approximate surface area is 171 Å². The number of hydrogen-bond acceptors (Lipinski definition) is 2. The van der Waals surface area contributed by atoms with Gasteiger partial charge in [-0.2, -0.15) is 0 Å². The van der Waals surface area contributed by atoms with Gasteiger partial charge in [-0.1, -0.05) is 54.6 Å². The minimum Gasteiger partial charge on any atom is -0.334 e. The molecule has 0 N–H and O–H groups in total. The number of benzene rings is 2. The second-order valence-corrected chi connectivity index (χ2v) is 7.55. The van der Waals surface area contributed by atoms with Crippen LogP contribution in [0.2, 0.25) is 0 Å². The van der Waals surface area contributed by atoms with Gasteiger partial charge < -0.3 is 4.90 Å². The van der Waals surface area contributed by atoms with Crippen molar-refractivity contribution in [2.45, 2.75) is 38.1 Å². The monoisotopic (exact) mass is 388 g/mol. The summed E-state index contributed by atoms with van der Waals surface area (Å²) in [5, 5.41) is 0. The molecule has 0 spiro atoms. The van der Waals surface area contributed by atoms with E-state index in [1.54, 1.807) is 12.1 Å². The van der Waals surface area contributed by atoms with Crippen LogP contribution in [0.3, 0.4) is 0 Å². The number of carbonyl (C=O) groups excluding carboxylic acids is 1. The number of aryl methyl sites for hydroxylation is 1. The van der Waals surface area contributed by atoms with Crippen LogP contribution in [0.5, 0.6) is 0 Å². The second-order valence-electron chi connectivity index (χ2n) is 7.55. The number of nitrogens with zero attached hydrogens (tertiary/aromatic N) is 2. The molecule has 1 atom stereocenters. The number of halogens is 1. The Morgan fingerprint density at radius 2 is 1.79 bits per heavy atom. The molecule has 1 saturated heterocycles. The van der Waals surface area contributed by atoms with Crippen molar-refractivity contribution in [3.63, 3.8) is 0 Å². The summed E-state index contributed by atoms with van der Waals surface area (Å²) in [5.74, 6) is -0.0315. The smallest absolute Gasteiger partial charge is 0.223 e. The van der Waals surface area contributed by atoms with E-state index in [1.807, 2.05) is 47.4 Å². The maximum atomic E-state index is 14.0. The first-order valence-electron chi connectivity index (χ1n) is 10.2. The molecule has 0 saturated carbocycles. The number of likely N-dealkylation sites (tertiary alicyclic amines) is 1. The molecule has 2 aromatic carbocycles. The Bertz CT molecular complexity index is 973. The lowest BCUT2D eigenvalue weighted by atomic mass is 10.1. The summed E-state index contributed by atoms with van der Waals surface area (Å²) in [5.41, 5.74) is 3.56. The first-order chi connectivity index (χ1) is 14.2. The minimum absolute atomic E-state index is 0.0128. The zero-order valence-electron chi connectivity index (χ0n) is 16.4. The molecular formula is C25H25FN2O. The van der Waals surface area contributed by atoms with E-state index in [1.165, 1.54) is 11.6 Å². The fourth-order valence-electron chi connectivity index (χ4n) is 4.03. The standard InChI is InChI=1S/C25H25FN2O/c26-22-12-5-4-10-20(22)18-21-11-6-13-23(27-21)24-14-7-17-28(24)25(29)16-15-19-8-2-1-3-9-19/h1-6,8-13,24H,7,14-18H2/t24-/m1/s1. The molecule has 0 radical (unpaired) electrons. The van der Waals surface area contributed by atoms with Gasteiger partial charge in [0.1, 0.15) is 5.82 Å². The molecule has 0 aliphatic carbocycles. The fourth-order valence-corrected chi connectivity index (χ4v) is 4.03. The molecule has 1 aromatic heterocycles. The molecule has 4 rings (SSSR count). The quantitative estimate of drug-likeness (QED) is 0.588. The largest absolute Gasteiger partial charge is 0.334 e. The van der Waals surface area contributed by atoms with E-state index in [9.17, 15) is 9.18 Å². The van der Waals surface area contributed by atoms with Crippen LogP contribution >= 0.6 is 0 Å². The van der Waals surface area contributed by atoms with E-state index >= 15 is 0 Å². The van der Waals surface area contributed by atoms with Crippen LogP contribution in [0.4, 0.5) is 4.39 Å². The van der Waals surface area contributed by atoms with Crippen LogP contribution < -0.4 is 0 Å². The Hall–Kier alpha value is -3.01. The van der Waals surface area contributed by atoms with E-state index < -0.39 is 0 Å². The van der Waals surface area contributed by atoms with Crippen molar-refractivity contribution in [1.82, 2.24) is 9.88 Å². The van der Waals surface area contributed by atoms with Crippen LogP contribution in [0, 0.1) is 5.82 Å². The number of hydrogen-bond donors (Lipinski definition) is 0. The highest BCUT2D eigenvalue weighted by atomic mass is 19.1. The van der Waals surface area contributed by atoms with Gasteiger partial charge in [0.2, 0.25) is 5.91 Å². The van der Waals surface area contributed by atoms with Crippen molar-refractivity contribution in [3.05, 3.63) is 101 Å². The van der Waals surface area contributed by atoms with Gasteiger partial charge in [-0.05, 0) is 48.6 Å². The number of rotatable bonds is 6. The summed E-state index contributed by atoms with van der Waals surface area (Å²) in [4.78, 5) is 19.6. The van der Waals surface area contributed by atoms with Crippen molar-refractivity contribution in [1.29, 1.82) is 0 Å². The van der Waals surface area contributed by atoms with Crippen LogP contribution in [0.1, 0.15) is 47.8 Å². The molecule has 148 valence electrons. The van der Waals surface area contributed by atoms with Gasteiger partial charge in [-0.25, -0.2) is 4.39 Å². The third kappa shape index (κ3) is 4.70. The number of carbonyl (C=O) groups is 1. The average Bonchev–Trinajstić information content (AvgIpc) is 3.25. The number of pyridine rings is 1. The lowest BCUT2D eigenvalue weighted by Crippen LogP contribution is -2.31. The Morgan fingerprint density at radius 1 is 1.00 bits per heavy atom. The molecule has 0 unspecified atom stereocenters. The topological polar surface area (TPSA) is 33.2 Å². The van der Waals surface area contributed by atoms with Crippen molar-refractivity contribution in [3.8, 4) is 0 Å². The molecule has 3 nitrogen and oxygen atoms in total. The van der Waals surface area contributed by atoms with Crippen LogP contribution in [0.25, 0.3) is 0 Å². The molecule has 1 aliphatic heterocycles. The predicted octanol–water partition coefficient (Wildman–Crippen LogP) is 5.11. The molecule has 3 aromatic rings. The molecule has 2 heterocycles. The van der Waals surface area contributed by atoms with E-state index in [-0.39, 0.29) is 17.8 Å². The normalized spacial score (nSPS) is 16.2. The molecule has 1 fully saturated rings. The summed E-state index contributed by atoms with van der Waals surface area (Å²) in [7, 11) is 0. The van der Waals surface area contributed by atoms with Gasteiger partial charge >= 0.3 is 0 Å². The molecular weight excluding hydrogens is 363 g/mol. The van der Waals surface area contributed by atoms with Gasteiger partial charge in [-0.15, -0.1) is 0 Å². The summed E-state index contributed by atoms with van der Waals surface area (Å²) < 4.78 is 14.0. The Morgan fingerprint density at radius 3 is 2.62 bits per heavy atom. The predicted molar refractivity (Wildman–Crippen MR) is 112 cm³/mol. The minimum atomic E-state index is -0.210. The lowest BCUT2D eigenvalue weighted by Gasteiger charge is -2.25. The second kappa shape index (κ2) is 8.99. The zero-order valence-corrected chi connectivity index (χ0v) is 16.4. The van der Waals surface area contributed by atoms with Gasteiger partial charge in [0.05, 0.1) is 11.7 Å². The van der Waals surface area contributed by atoms with Crippen molar-refractivity contribution < 1.29 is 9.18 Å². The third-order valence-corrected chi connectivity index (χ3v) is 5.54. The zero-order chi connectivity index (χ0) is 20.1. The van der Waals surface area contributed by atoms with Crippen LogP contribution in [0.15, 0.2) is 72.8 Å². The molecule has 0 bridgehead atoms. The van der Waals surface area contributed by atoms with Crippen LogP contribution in [-0.4, -0.2) is 22.3 Å². The fraction of sp³-hybridized carbons (Fsp3) is 0.280. The van der Waals surface area contributed by atoms with E-state index in [0.29, 0.717) is 18.4 Å². The highest BCUT2D eigenvalue weighted by Crippen LogP contribution is 2.32. The summed E-state index contributed by atoms with van der Waals surface area (Å²) in [6.45, 7) is 0.775. The highest BCUT2D eigenvalue weighted by Gasteiger charge is 2.30. The van der Waals surface area contributed by atoms with Gasteiger partial charge in [0.15, 0.2) is 0 Å². The average molecular weight is 388 g/mol. The van der Waals surface area contributed by atoms with Gasteiger partial charge in [0.25, 0.3) is 0 Å². The summed E-state index contributed by atoms with van der Waals surface area (Å²) >= 11 is 0. The first-order valence-corrected chi connectivity index (χ1v) is 10.2. The van der Waals surface area contributed by atoms with Gasteiger partial charge in [0, 0.05) is 25.1 Å². The van der Waals surface area contributed by atoms with Crippen LogP contribution in [-0.2, 0) is 17.6 Å². The van der Waals surface area contributed by atoms with E-state index in [4.69, 9.17) is 4.98 Å². The Balaban J connectivity index is 1.45. The molecule has 1 aliphatic rings. The maximum Gasteiger partial charge on any atom is 0.223 e. The van der Waals surface area contributed by atoms with Crippen molar-refractivity contribution in [2.75, 3.05) is 6.54 Å². The summed E-state index contributed by atoms with van der Waals surface area (Å²) in [6.07, 6.45) is 3.63. The maximum absolute atomic E-state index is 14.0.